The van der Waals surface area contributed by atoms with Gasteiger partial charge in [0.15, 0.2) is 5.75 Å². The zero-order valence-corrected chi connectivity index (χ0v) is 10.4. The third kappa shape index (κ3) is 3.56. The summed E-state index contributed by atoms with van der Waals surface area (Å²) in [6, 6.07) is 0. The summed E-state index contributed by atoms with van der Waals surface area (Å²) in [5, 5.41) is 3.36. The highest BCUT2D eigenvalue weighted by atomic mass is 16.5. The van der Waals surface area contributed by atoms with E-state index in [9.17, 15) is 0 Å². The average Bonchev–Trinajstić information content (AvgIpc) is 2.66. The molecule has 5 nitrogen and oxygen atoms in total. The predicted molar refractivity (Wildman–Crippen MR) is 67.5 cm³/mol. The summed E-state index contributed by atoms with van der Waals surface area (Å²) >= 11 is 0. The molecule has 1 aliphatic rings. The normalized spacial score (nSPS) is 16.6. The number of hydrogen-bond donors (Lipinski definition) is 1. The Morgan fingerprint density at radius 3 is 2.88 bits per heavy atom. The lowest BCUT2D eigenvalue weighted by Crippen LogP contribution is -2.29. The molecule has 2 heterocycles. The zero-order chi connectivity index (χ0) is 11.9. The lowest BCUT2D eigenvalue weighted by Gasteiger charge is -2.19. The fraction of sp³-hybridized carbons (Fsp3) is 0.667. The van der Waals surface area contributed by atoms with Crippen molar-refractivity contribution >= 4 is 5.95 Å². The molecule has 2 rings (SSSR count). The number of nitrogens with one attached hydrogen (secondary N) is 1. The lowest BCUT2D eigenvalue weighted by molar-refractivity contribution is 0.315. The molecule has 17 heavy (non-hydrogen) atoms. The third-order valence-electron chi connectivity index (χ3n) is 2.71. The van der Waals surface area contributed by atoms with Gasteiger partial charge in [-0.2, -0.15) is 0 Å². The fourth-order valence-electron chi connectivity index (χ4n) is 1.81. The average molecular weight is 236 g/mol. The van der Waals surface area contributed by atoms with E-state index in [-0.39, 0.29) is 0 Å². The van der Waals surface area contributed by atoms with Crippen LogP contribution in [0.1, 0.15) is 19.8 Å². The smallest absolute Gasteiger partial charge is 0.225 e. The monoisotopic (exact) mass is 236 g/mol. The molecule has 0 unspecified atom stereocenters. The van der Waals surface area contributed by atoms with Crippen LogP contribution in [0.4, 0.5) is 5.95 Å². The molecule has 0 amide bonds. The van der Waals surface area contributed by atoms with Crippen LogP contribution in [0.3, 0.4) is 0 Å². The van der Waals surface area contributed by atoms with Gasteiger partial charge in [0.25, 0.3) is 0 Å². The second-order valence-corrected chi connectivity index (χ2v) is 4.16. The molecule has 1 N–H and O–H groups in total. The first-order valence-electron chi connectivity index (χ1n) is 6.30. The highest BCUT2D eigenvalue weighted by molar-refractivity contribution is 5.31. The summed E-state index contributed by atoms with van der Waals surface area (Å²) in [7, 11) is 0. The molecule has 1 fully saturated rings. The molecule has 1 aromatic rings. The standard InChI is InChI=1S/C12H20N4O/c1-2-8-17-11-9-14-12(15-10-11)16-6-3-4-13-5-7-16/h9-10,13H,2-8H2,1H3. The molecule has 0 spiro atoms. The van der Waals surface area contributed by atoms with Crippen LogP contribution in [0.15, 0.2) is 12.4 Å². The Hall–Kier alpha value is -1.36. The van der Waals surface area contributed by atoms with Crippen molar-refractivity contribution < 1.29 is 4.74 Å². The second kappa shape index (κ2) is 6.39. The van der Waals surface area contributed by atoms with Crippen LogP contribution in [0.2, 0.25) is 0 Å². The molecule has 5 heteroatoms. The van der Waals surface area contributed by atoms with Crippen LogP contribution in [0, 0.1) is 0 Å². The van der Waals surface area contributed by atoms with E-state index in [1.54, 1.807) is 12.4 Å². The Labute approximate surface area is 102 Å². The van der Waals surface area contributed by atoms with E-state index in [0.717, 1.165) is 57.3 Å². The van der Waals surface area contributed by atoms with E-state index < -0.39 is 0 Å². The van der Waals surface area contributed by atoms with Crippen LogP contribution >= 0.6 is 0 Å². The van der Waals surface area contributed by atoms with Crippen LogP contribution in [-0.4, -0.2) is 42.8 Å². The minimum atomic E-state index is 0.719. The van der Waals surface area contributed by atoms with Gasteiger partial charge in [0, 0.05) is 19.6 Å². The topological polar surface area (TPSA) is 50.3 Å². The Balaban J connectivity index is 1.96. The van der Waals surface area contributed by atoms with Crippen molar-refractivity contribution in [1.82, 2.24) is 15.3 Å². The first kappa shape index (κ1) is 12.1. The van der Waals surface area contributed by atoms with E-state index in [4.69, 9.17) is 4.74 Å². The highest BCUT2D eigenvalue weighted by Gasteiger charge is 2.11. The maximum absolute atomic E-state index is 5.47. The van der Waals surface area contributed by atoms with Crippen LogP contribution in [0.25, 0.3) is 0 Å². The van der Waals surface area contributed by atoms with E-state index in [2.05, 4.69) is 27.1 Å². The molecular formula is C12H20N4O. The zero-order valence-electron chi connectivity index (χ0n) is 10.4. The Morgan fingerprint density at radius 1 is 1.29 bits per heavy atom. The summed E-state index contributed by atoms with van der Waals surface area (Å²) in [6.07, 6.45) is 5.66. The minimum Gasteiger partial charge on any atom is -0.490 e. The molecule has 0 aromatic carbocycles. The molecule has 0 atom stereocenters. The lowest BCUT2D eigenvalue weighted by atomic mass is 10.4. The molecule has 0 radical (unpaired) electrons. The number of hydrogen-bond acceptors (Lipinski definition) is 5. The first-order chi connectivity index (χ1) is 8.40. The van der Waals surface area contributed by atoms with Gasteiger partial charge in [-0.3, -0.25) is 0 Å². The molecular weight excluding hydrogens is 216 g/mol. The summed E-state index contributed by atoms with van der Waals surface area (Å²) in [6.45, 7) is 6.86. The van der Waals surface area contributed by atoms with Crippen molar-refractivity contribution in [2.24, 2.45) is 0 Å². The highest BCUT2D eigenvalue weighted by Crippen LogP contribution is 2.13. The molecule has 94 valence electrons. The van der Waals surface area contributed by atoms with Gasteiger partial charge in [-0.05, 0) is 19.4 Å². The first-order valence-corrected chi connectivity index (χ1v) is 6.30. The van der Waals surface area contributed by atoms with E-state index in [0.29, 0.717) is 0 Å². The van der Waals surface area contributed by atoms with Crippen molar-refractivity contribution in [3.05, 3.63) is 12.4 Å². The summed E-state index contributed by atoms with van der Waals surface area (Å²) in [5.41, 5.74) is 0. The Kier molecular flexibility index (Phi) is 4.55. The Bertz CT molecular complexity index is 320. The van der Waals surface area contributed by atoms with Gasteiger partial charge in [0.2, 0.25) is 5.95 Å². The molecule has 1 aromatic heterocycles. The van der Waals surface area contributed by atoms with E-state index >= 15 is 0 Å². The molecule has 1 saturated heterocycles. The molecule has 0 saturated carbocycles. The van der Waals surface area contributed by atoms with E-state index in [1.807, 2.05) is 0 Å². The van der Waals surface area contributed by atoms with Gasteiger partial charge in [-0.1, -0.05) is 6.92 Å². The van der Waals surface area contributed by atoms with Gasteiger partial charge < -0.3 is 15.0 Å². The largest absolute Gasteiger partial charge is 0.490 e. The number of aromatic nitrogens is 2. The number of nitrogens with zero attached hydrogens (tertiary/aromatic N) is 3. The second-order valence-electron chi connectivity index (χ2n) is 4.16. The van der Waals surface area contributed by atoms with Crippen molar-refractivity contribution in [3.63, 3.8) is 0 Å². The molecule has 0 bridgehead atoms. The van der Waals surface area contributed by atoms with Crippen molar-refractivity contribution in [2.45, 2.75) is 19.8 Å². The van der Waals surface area contributed by atoms with Crippen molar-refractivity contribution in [3.8, 4) is 5.75 Å². The van der Waals surface area contributed by atoms with Gasteiger partial charge in [0.1, 0.15) is 0 Å². The summed E-state index contributed by atoms with van der Waals surface area (Å²) in [4.78, 5) is 10.9. The molecule has 0 aliphatic carbocycles. The predicted octanol–water partition coefficient (Wildman–Crippen LogP) is 1.07. The third-order valence-corrected chi connectivity index (χ3v) is 2.71. The van der Waals surface area contributed by atoms with E-state index in [1.165, 1.54) is 0 Å². The SMILES string of the molecule is CCCOc1cnc(N2CCCNCC2)nc1. The maximum Gasteiger partial charge on any atom is 0.225 e. The summed E-state index contributed by atoms with van der Waals surface area (Å²) in [5.74, 6) is 1.56. The van der Waals surface area contributed by atoms with Crippen molar-refractivity contribution in [1.29, 1.82) is 0 Å². The van der Waals surface area contributed by atoms with Gasteiger partial charge in [0.05, 0.1) is 19.0 Å². The van der Waals surface area contributed by atoms with Crippen molar-refractivity contribution in [2.75, 3.05) is 37.7 Å². The van der Waals surface area contributed by atoms with Crippen LogP contribution in [-0.2, 0) is 0 Å². The van der Waals surface area contributed by atoms with Crippen LogP contribution < -0.4 is 15.0 Å². The quantitative estimate of drug-likeness (QED) is 0.847. The van der Waals surface area contributed by atoms with Gasteiger partial charge in [-0.25, -0.2) is 9.97 Å². The Morgan fingerprint density at radius 2 is 2.12 bits per heavy atom. The number of ether oxygens (including phenoxy) is 1. The minimum absolute atomic E-state index is 0.719. The van der Waals surface area contributed by atoms with Crippen LogP contribution in [0.5, 0.6) is 5.75 Å². The maximum atomic E-state index is 5.47. The number of rotatable bonds is 4. The fourth-order valence-corrected chi connectivity index (χ4v) is 1.81. The van der Waals surface area contributed by atoms with Gasteiger partial charge in [-0.15, -0.1) is 0 Å². The number of anilines is 1. The molecule has 1 aliphatic heterocycles. The summed E-state index contributed by atoms with van der Waals surface area (Å²) < 4.78 is 5.47. The van der Waals surface area contributed by atoms with Gasteiger partial charge >= 0.3 is 0 Å².